The second-order valence-corrected chi connectivity index (χ2v) is 13.3. The van der Waals surface area contributed by atoms with Crippen molar-refractivity contribution in [1.82, 2.24) is 5.32 Å². The summed E-state index contributed by atoms with van der Waals surface area (Å²) in [5, 5.41) is 74.9. The Morgan fingerprint density at radius 2 is 1.22 bits per heavy atom. The van der Waals surface area contributed by atoms with Crippen LogP contribution in [0.1, 0.15) is 123 Å². The average Bonchev–Trinajstić information content (AvgIpc) is 3.11. The summed E-state index contributed by atoms with van der Waals surface area (Å²) in [4.78, 5) is 12.9. The molecule has 1 saturated heterocycles. The van der Waals surface area contributed by atoms with Crippen LogP contribution in [0.4, 0.5) is 0 Å². The molecule has 0 bridgehead atoms. The highest BCUT2D eigenvalue weighted by Crippen LogP contribution is 2.23. The van der Waals surface area contributed by atoms with Crippen molar-refractivity contribution in [2.24, 2.45) is 0 Å². The van der Waals surface area contributed by atoms with Crippen molar-refractivity contribution in [3.8, 4) is 0 Å². The summed E-state index contributed by atoms with van der Waals surface area (Å²) in [6, 6.07) is -1.21. The molecule has 0 radical (unpaired) electrons. The summed E-state index contributed by atoms with van der Waals surface area (Å²) in [5.41, 5.74) is 0. The Bertz CT molecular complexity index is 955. The maximum atomic E-state index is 12.9. The Morgan fingerprint density at radius 1 is 0.680 bits per heavy atom. The van der Waals surface area contributed by atoms with E-state index in [-0.39, 0.29) is 12.8 Å². The van der Waals surface area contributed by atoms with Gasteiger partial charge in [-0.3, -0.25) is 4.79 Å². The second kappa shape index (κ2) is 29.6. The van der Waals surface area contributed by atoms with Crippen molar-refractivity contribution in [3.05, 3.63) is 48.6 Å². The largest absolute Gasteiger partial charge is 0.394 e. The van der Waals surface area contributed by atoms with Gasteiger partial charge in [0.25, 0.3) is 0 Å². The van der Waals surface area contributed by atoms with Gasteiger partial charge in [-0.25, -0.2) is 0 Å². The lowest BCUT2D eigenvalue weighted by Crippen LogP contribution is -2.60. The summed E-state index contributed by atoms with van der Waals surface area (Å²) in [7, 11) is 0. The van der Waals surface area contributed by atoms with Gasteiger partial charge in [0.1, 0.15) is 36.6 Å². The smallest absolute Gasteiger partial charge is 0.249 e. The summed E-state index contributed by atoms with van der Waals surface area (Å²) in [6.45, 7) is 3.25. The van der Waals surface area contributed by atoms with Crippen LogP contribution in [-0.2, 0) is 14.3 Å². The van der Waals surface area contributed by atoms with Crippen LogP contribution in [0.25, 0.3) is 0 Å². The first-order valence-corrected chi connectivity index (χ1v) is 19.0. The van der Waals surface area contributed by atoms with Gasteiger partial charge >= 0.3 is 0 Å². The molecule has 0 aromatic carbocycles. The van der Waals surface area contributed by atoms with Crippen LogP contribution in [-0.4, -0.2) is 110 Å². The van der Waals surface area contributed by atoms with Crippen LogP contribution in [0.15, 0.2) is 48.6 Å². The van der Waals surface area contributed by atoms with Gasteiger partial charge in [-0.15, -0.1) is 0 Å². The minimum Gasteiger partial charge on any atom is -0.394 e. The normalized spacial score (nSPS) is 24.1. The molecule has 8 N–H and O–H groups in total. The lowest BCUT2D eigenvalue weighted by Gasteiger charge is -2.40. The van der Waals surface area contributed by atoms with Crippen molar-refractivity contribution in [2.45, 2.75) is 178 Å². The number of aliphatic hydroxyl groups excluding tert-OH is 7. The molecule has 1 fully saturated rings. The van der Waals surface area contributed by atoms with Gasteiger partial charge in [-0.05, 0) is 77.0 Å². The Balaban J connectivity index is 2.63. The predicted molar refractivity (Wildman–Crippen MR) is 196 cm³/mol. The van der Waals surface area contributed by atoms with E-state index < -0.39 is 74.2 Å². The van der Waals surface area contributed by atoms with Crippen molar-refractivity contribution in [3.63, 3.8) is 0 Å². The molecule has 1 heterocycles. The maximum Gasteiger partial charge on any atom is 0.249 e. The predicted octanol–water partition coefficient (Wildman–Crippen LogP) is 4.27. The number of nitrogens with one attached hydrogen (secondary N) is 1. The third-order valence-corrected chi connectivity index (χ3v) is 8.82. The number of unbranched alkanes of at least 4 members (excludes halogenated alkanes) is 9. The molecule has 0 aromatic rings. The van der Waals surface area contributed by atoms with E-state index >= 15 is 0 Å². The minimum atomic E-state index is -1.68. The number of carbonyl (C=O) groups excluding carboxylic acids is 1. The number of hydrogen-bond acceptors (Lipinski definition) is 10. The van der Waals surface area contributed by atoms with E-state index in [0.717, 1.165) is 44.9 Å². The zero-order valence-corrected chi connectivity index (χ0v) is 30.6. The SMILES string of the molecule is CCCC/C=C/CC/C=C/CC/C=C/CCCC(O)C(O)C(COC1OC(CO)C(O)C(O)C1O)NC(=O)C(O)CC/C=C\CCCCCC. The standard InChI is InChI=1S/C39H69NO10/c1-3-5-7-9-11-13-14-15-16-17-18-19-21-22-24-26-31(42)34(44)30(29-49-39-37(47)36(46)35(45)33(28-41)50-39)40-38(48)32(43)27-25-23-20-12-10-8-6-4-2/h9,11,15-16,19-21,23,30-37,39,41-47H,3-8,10,12-14,17-18,22,24-29H2,1-2H3,(H,40,48)/b11-9+,16-15+,21-19+,23-20-. The molecule has 11 nitrogen and oxygen atoms in total. The fourth-order valence-electron chi connectivity index (χ4n) is 5.52. The van der Waals surface area contributed by atoms with E-state index in [1.54, 1.807) is 0 Å². The molecule has 0 spiro atoms. The first-order valence-electron chi connectivity index (χ1n) is 19.0. The highest BCUT2D eigenvalue weighted by Gasteiger charge is 2.44. The van der Waals surface area contributed by atoms with Gasteiger partial charge in [0.2, 0.25) is 5.91 Å². The highest BCUT2D eigenvalue weighted by molar-refractivity contribution is 5.80. The molecular weight excluding hydrogens is 642 g/mol. The lowest BCUT2D eigenvalue weighted by atomic mass is 9.99. The first kappa shape index (κ1) is 46.1. The van der Waals surface area contributed by atoms with Gasteiger partial charge in [-0.1, -0.05) is 94.6 Å². The van der Waals surface area contributed by atoms with Crippen molar-refractivity contribution in [2.75, 3.05) is 13.2 Å². The van der Waals surface area contributed by atoms with Crippen molar-refractivity contribution < 1.29 is 50.0 Å². The number of amides is 1. The molecule has 9 unspecified atom stereocenters. The molecule has 0 aromatic heterocycles. The fraction of sp³-hybridized carbons (Fsp3) is 0.769. The van der Waals surface area contributed by atoms with Crippen LogP contribution < -0.4 is 5.32 Å². The molecule has 0 saturated carbocycles. The molecule has 0 aliphatic carbocycles. The monoisotopic (exact) mass is 711 g/mol. The molecular formula is C39H69NO10. The summed E-state index contributed by atoms with van der Waals surface area (Å²) in [6.07, 6.45) is 20.6. The van der Waals surface area contributed by atoms with Gasteiger partial charge in [-0.2, -0.15) is 0 Å². The maximum absolute atomic E-state index is 12.9. The zero-order chi connectivity index (χ0) is 37.0. The first-order chi connectivity index (χ1) is 24.2. The van der Waals surface area contributed by atoms with Crippen LogP contribution >= 0.6 is 0 Å². The van der Waals surface area contributed by atoms with Crippen LogP contribution in [0.3, 0.4) is 0 Å². The van der Waals surface area contributed by atoms with Crippen molar-refractivity contribution in [1.29, 1.82) is 0 Å². The molecule has 9 atom stereocenters. The van der Waals surface area contributed by atoms with Crippen LogP contribution in [0.2, 0.25) is 0 Å². The van der Waals surface area contributed by atoms with Crippen LogP contribution in [0.5, 0.6) is 0 Å². The third-order valence-electron chi connectivity index (χ3n) is 8.82. The molecule has 1 aliphatic heterocycles. The Morgan fingerprint density at radius 3 is 1.80 bits per heavy atom. The molecule has 50 heavy (non-hydrogen) atoms. The van der Waals surface area contributed by atoms with Crippen molar-refractivity contribution >= 4 is 5.91 Å². The summed E-state index contributed by atoms with van der Waals surface area (Å²) >= 11 is 0. The number of allylic oxidation sites excluding steroid dienone is 8. The molecule has 11 heteroatoms. The van der Waals surface area contributed by atoms with E-state index in [2.05, 4.69) is 49.5 Å². The summed E-state index contributed by atoms with van der Waals surface area (Å²) < 4.78 is 11.0. The third kappa shape index (κ3) is 20.2. The van der Waals surface area contributed by atoms with E-state index in [4.69, 9.17) is 9.47 Å². The van der Waals surface area contributed by atoms with E-state index in [1.807, 2.05) is 18.2 Å². The molecule has 1 rings (SSSR count). The minimum absolute atomic E-state index is 0.162. The quantitative estimate of drug-likeness (QED) is 0.0411. The lowest BCUT2D eigenvalue weighted by molar-refractivity contribution is -0.303. The molecule has 290 valence electrons. The highest BCUT2D eigenvalue weighted by atomic mass is 16.7. The Kier molecular flexibility index (Phi) is 27.3. The van der Waals surface area contributed by atoms with E-state index in [0.29, 0.717) is 19.3 Å². The van der Waals surface area contributed by atoms with Gasteiger partial charge in [0, 0.05) is 0 Å². The van der Waals surface area contributed by atoms with E-state index in [9.17, 15) is 40.5 Å². The van der Waals surface area contributed by atoms with Gasteiger partial charge in [0.15, 0.2) is 6.29 Å². The zero-order valence-electron chi connectivity index (χ0n) is 30.6. The Labute approximate surface area is 300 Å². The van der Waals surface area contributed by atoms with Gasteiger partial charge < -0.3 is 50.5 Å². The molecule has 1 aliphatic rings. The average molecular weight is 712 g/mol. The molecule has 1 amide bonds. The number of hydrogen-bond donors (Lipinski definition) is 8. The number of aliphatic hydroxyl groups is 7. The number of carbonyl (C=O) groups is 1. The topological polar surface area (TPSA) is 189 Å². The number of rotatable bonds is 29. The Hall–Kier alpha value is -1.93. The van der Waals surface area contributed by atoms with Gasteiger partial charge in [0.05, 0.1) is 25.4 Å². The van der Waals surface area contributed by atoms with E-state index in [1.165, 1.54) is 32.1 Å². The second-order valence-electron chi connectivity index (χ2n) is 13.3. The fourth-order valence-corrected chi connectivity index (χ4v) is 5.52. The summed E-state index contributed by atoms with van der Waals surface area (Å²) in [5.74, 6) is -0.754. The number of ether oxygens (including phenoxy) is 2. The van der Waals surface area contributed by atoms with Crippen LogP contribution in [0, 0.1) is 0 Å².